The molecule has 0 heterocycles. The Hall–Kier alpha value is -1.18. The summed E-state index contributed by atoms with van der Waals surface area (Å²) in [5.74, 6) is -0.637. The molecule has 0 aliphatic heterocycles. The molecule has 0 unspecified atom stereocenters. The molecule has 0 fully saturated rings. The molecule has 0 aromatic heterocycles. The van der Waals surface area contributed by atoms with Gasteiger partial charge in [0.25, 0.3) is 0 Å². The van der Waals surface area contributed by atoms with Crippen LogP contribution in [0.1, 0.15) is 41.0 Å². The average molecular weight is 208 g/mol. The van der Waals surface area contributed by atoms with E-state index in [2.05, 4.69) is 6.58 Å². The number of hydrogen-bond acceptors (Lipinski definition) is 2. The van der Waals surface area contributed by atoms with Crippen molar-refractivity contribution < 1.29 is 9.59 Å². The van der Waals surface area contributed by atoms with Gasteiger partial charge >= 0.3 is 0 Å². The van der Waals surface area contributed by atoms with Gasteiger partial charge in [0.15, 0.2) is 0 Å². The smallest absolute Gasteiger partial charge is 0.224 e. The molecule has 0 aromatic rings. The van der Waals surface area contributed by atoms with Gasteiger partial charge in [-0.15, -0.1) is 0 Å². The zero-order valence-corrected chi connectivity index (χ0v) is 10.3. The van der Waals surface area contributed by atoms with Crippen molar-refractivity contribution in [2.75, 3.05) is 0 Å². The second-order valence-electron chi connectivity index (χ2n) is 4.06. The van der Waals surface area contributed by atoms with Crippen molar-refractivity contribution in [3.63, 3.8) is 0 Å². The Morgan fingerprint density at radius 1 is 1.27 bits per heavy atom. The van der Waals surface area contributed by atoms with Gasteiger partial charge < -0.3 is 0 Å². The van der Waals surface area contributed by atoms with Gasteiger partial charge in [0.1, 0.15) is 0 Å². The number of hydrogen-bond donors (Lipinski definition) is 0. The second-order valence-corrected chi connectivity index (χ2v) is 4.06. The summed E-state index contributed by atoms with van der Waals surface area (Å²) in [4.78, 5) is 22.6. The van der Waals surface area contributed by atoms with E-state index in [1.165, 1.54) is 0 Å². The molecule has 0 aromatic carbocycles. The molecule has 0 amide bonds. The van der Waals surface area contributed by atoms with Crippen LogP contribution >= 0.6 is 0 Å². The van der Waals surface area contributed by atoms with Crippen molar-refractivity contribution in [3.05, 3.63) is 23.8 Å². The van der Waals surface area contributed by atoms with Gasteiger partial charge in [0.05, 0.1) is 0 Å². The summed E-state index contributed by atoms with van der Waals surface area (Å²) in [6.07, 6.45) is 1.98. The highest BCUT2D eigenvalue weighted by Crippen LogP contribution is 2.37. The lowest BCUT2D eigenvalue weighted by atomic mass is 9.72. The van der Waals surface area contributed by atoms with Crippen molar-refractivity contribution in [1.29, 1.82) is 0 Å². The minimum absolute atomic E-state index is 0.239. The lowest BCUT2D eigenvalue weighted by Gasteiger charge is -2.30. The Labute approximate surface area is 92.1 Å². The maximum Gasteiger partial charge on any atom is 0.224 e. The largest absolute Gasteiger partial charge is 0.290 e. The van der Waals surface area contributed by atoms with Gasteiger partial charge in [0.2, 0.25) is 11.6 Å². The fraction of sp³-hybridized carbons (Fsp3) is 0.538. The topological polar surface area (TPSA) is 34.1 Å². The highest BCUT2D eigenvalue weighted by Gasteiger charge is 2.36. The standard InChI is InChI=1S/C11H14O2.C2H6/c1-5-8-7(2)10(13)9(12)6-11(8,3)4;1-2/h5H,1,6H2,2-4H3;1-2H3. The predicted octanol–water partition coefficient (Wildman–Crippen LogP) is 3.08. The van der Waals surface area contributed by atoms with Crippen LogP contribution in [0.2, 0.25) is 0 Å². The lowest BCUT2D eigenvalue weighted by Crippen LogP contribution is -2.32. The third-order valence-electron chi connectivity index (χ3n) is 2.53. The van der Waals surface area contributed by atoms with Crippen LogP contribution in [0, 0.1) is 5.41 Å². The predicted molar refractivity (Wildman–Crippen MR) is 62.7 cm³/mol. The van der Waals surface area contributed by atoms with Crippen LogP contribution in [0.15, 0.2) is 23.8 Å². The number of ketones is 2. The zero-order chi connectivity index (χ0) is 12.2. The van der Waals surface area contributed by atoms with E-state index in [4.69, 9.17) is 0 Å². The quantitative estimate of drug-likeness (QED) is 0.620. The summed E-state index contributed by atoms with van der Waals surface area (Å²) in [5.41, 5.74) is 1.21. The Morgan fingerprint density at radius 3 is 2.13 bits per heavy atom. The van der Waals surface area contributed by atoms with Crippen LogP contribution in [0.25, 0.3) is 0 Å². The molecule has 0 radical (unpaired) electrons. The van der Waals surface area contributed by atoms with Gasteiger partial charge in [-0.3, -0.25) is 9.59 Å². The van der Waals surface area contributed by atoms with E-state index in [0.717, 1.165) is 5.57 Å². The van der Waals surface area contributed by atoms with E-state index in [1.807, 2.05) is 27.7 Å². The third kappa shape index (κ3) is 2.65. The maximum absolute atomic E-state index is 11.3. The second kappa shape index (κ2) is 5.06. The molecule has 0 saturated carbocycles. The molecule has 84 valence electrons. The number of Topliss-reactive ketones (excluding diaryl/α,β-unsaturated/α-hetero) is 2. The molecule has 0 atom stereocenters. The fourth-order valence-corrected chi connectivity index (χ4v) is 1.85. The molecule has 0 bridgehead atoms. The van der Waals surface area contributed by atoms with Gasteiger partial charge in [-0.25, -0.2) is 0 Å². The van der Waals surface area contributed by atoms with E-state index in [9.17, 15) is 9.59 Å². The number of carbonyl (C=O) groups is 2. The molecule has 0 spiro atoms. The third-order valence-corrected chi connectivity index (χ3v) is 2.53. The number of carbonyl (C=O) groups excluding carboxylic acids is 2. The summed E-state index contributed by atoms with van der Waals surface area (Å²) in [6, 6.07) is 0. The van der Waals surface area contributed by atoms with Crippen LogP contribution in [0.4, 0.5) is 0 Å². The first-order valence-corrected chi connectivity index (χ1v) is 5.31. The first-order chi connectivity index (χ1) is 6.90. The highest BCUT2D eigenvalue weighted by molar-refractivity contribution is 6.44. The highest BCUT2D eigenvalue weighted by atomic mass is 16.2. The molecule has 2 heteroatoms. The van der Waals surface area contributed by atoms with Crippen molar-refractivity contribution in [2.24, 2.45) is 5.41 Å². The zero-order valence-electron chi connectivity index (χ0n) is 10.3. The maximum atomic E-state index is 11.3. The molecular weight excluding hydrogens is 188 g/mol. The molecule has 2 nitrogen and oxygen atoms in total. The number of allylic oxidation sites excluding steroid dienone is 3. The van der Waals surface area contributed by atoms with E-state index in [-0.39, 0.29) is 17.0 Å². The summed E-state index contributed by atoms with van der Waals surface area (Å²) >= 11 is 0. The van der Waals surface area contributed by atoms with E-state index in [1.54, 1.807) is 13.0 Å². The SMILES string of the molecule is C=CC1=C(C)C(=O)C(=O)CC1(C)C.CC. The molecule has 0 N–H and O–H groups in total. The summed E-state index contributed by atoms with van der Waals surface area (Å²) < 4.78 is 0. The van der Waals surface area contributed by atoms with E-state index >= 15 is 0 Å². The molecule has 1 aliphatic rings. The first kappa shape index (κ1) is 13.8. The van der Waals surface area contributed by atoms with Gasteiger partial charge in [-0.2, -0.15) is 0 Å². The van der Waals surface area contributed by atoms with Crippen LogP contribution in [0.5, 0.6) is 0 Å². The average Bonchev–Trinajstić information content (AvgIpc) is 2.17. The molecule has 1 rings (SSSR count). The molecule has 0 saturated heterocycles. The monoisotopic (exact) mass is 208 g/mol. The normalized spacial score (nSPS) is 19.5. The van der Waals surface area contributed by atoms with Crippen molar-refractivity contribution >= 4 is 11.6 Å². The summed E-state index contributed by atoms with van der Waals surface area (Å²) in [5, 5.41) is 0. The van der Waals surface area contributed by atoms with E-state index in [0.29, 0.717) is 12.0 Å². The van der Waals surface area contributed by atoms with Gasteiger partial charge in [0, 0.05) is 12.0 Å². The van der Waals surface area contributed by atoms with Crippen molar-refractivity contribution in [2.45, 2.75) is 41.0 Å². The Bertz CT molecular complexity index is 319. The Morgan fingerprint density at radius 2 is 1.73 bits per heavy atom. The van der Waals surface area contributed by atoms with Crippen molar-refractivity contribution in [1.82, 2.24) is 0 Å². The minimum Gasteiger partial charge on any atom is -0.290 e. The fourth-order valence-electron chi connectivity index (χ4n) is 1.85. The Balaban J connectivity index is 0.000000921. The van der Waals surface area contributed by atoms with Gasteiger partial charge in [-0.05, 0) is 17.9 Å². The summed E-state index contributed by atoms with van der Waals surface area (Å²) in [7, 11) is 0. The van der Waals surface area contributed by atoms with Crippen LogP contribution in [0.3, 0.4) is 0 Å². The summed E-state index contributed by atoms with van der Waals surface area (Å²) in [6.45, 7) is 13.3. The molecule has 15 heavy (non-hydrogen) atoms. The van der Waals surface area contributed by atoms with Crippen molar-refractivity contribution in [3.8, 4) is 0 Å². The van der Waals surface area contributed by atoms with E-state index < -0.39 is 0 Å². The Kier molecular flexibility index (Phi) is 4.66. The van der Waals surface area contributed by atoms with Crippen LogP contribution in [-0.2, 0) is 9.59 Å². The minimum atomic E-state index is -0.353. The number of rotatable bonds is 1. The van der Waals surface area contributed by atoms with Crippen LogP contribution < -0.4 is 0 Å². The first-order valence-electron chi connectivity index (χ1n) is 5.31. The van der Waals surface area contributed by atoms with Gasteiger partial charge in [-0.1, -0.05) is 40.3 Å². The molecular formula is C13H20O2. The lowest BCUT2D eigenvalue weighted by molar-refractivity contribution is -0.136. The van der Waals surface area contributed by atoms with Crippen LogP contribution in [-0.4, -0.2) is 11.6 Å². The molecule has 1 aliphatic carbocycles.